The molecule has 1 aliphatic carbocycles. The summed E-state index contributed by atoms with van der Waals surface area (Å²) in [4.78, 5) is 29.7. The summed E-state index contributed by atoms with van der Waals surface area (Å²) in [7, 11) is 0. The Morgan fingerprint density at radius 1 is 1.23 bits per heavy atom. The van der Waals surface area contributed by atoms with Crippen LogP contribution < -0.4 is 10.7 Å². The van der Waals surface area contributed by atoms with Crippen molar-refractivity contribution in [2.24, 2.45) is 5.92 Å². The molecule has 1 N–H and O–H groups in total. The fourth-order valence-corrected chi connectivity index (χ4v) is 4.60. The third kappa shape index (κ3) is 3.47. The zero-order valence-electron chi connectivity index (χ0n) is 17.7. The van der Waals surface area contributed by atoms with Gasteiger partial charge in [0, 0.05) is 29.5 Å². The van der Waals surface area contributed by atoms with Crippen molar-refractivity contribution in [2.45, 2.75) is 58.8 Å². The number of carbonyl (C=O) groups is 1. The molecule has 4 rings (SSSR count). The number of hydrogen-bond acceptors (Lipinski definition) is 4. The van der Waals surface area contributed by atoms with E-state index in [0.717, 1.165) is 17.8 Å². The van der Waals surface area contributed by atoms with Crippen molar-refractivity contribution in [1.82, 2.24) is 5.32 Å². The van der Waals surface area contributed by atoms with Gasteiger partial charge in [-0.1, -0.05) is 31.4 Å². The first kappa shape index (κ1) is 20.2. The molecule has 0 amide bonds. The van der Waals surface area contributed by atoms with Crippen molar-refractivity contribution in [3.63, 3.8) is 0 Å². The first-order valence-corrected chi connectivity index (χ1v) is 10.5. The Kier molecular flexibility index (Phi) is 5.34. The van der Waals surface area contributed by atoms with Crippen molar-refractivity contribution in [1.29, 1.82) is 0 Å². The van der Waals surface area contributed by atoms with Gasteiger partial charge in [0.2, 0.25) is 0 Å². The Labute approximate surface area is 176 Å². The van der Waals surface area contributed by atoms with E-state index in [1.807, 2.05) is 19.9 Å². The average Bonchev–Trinajstić information content (AvgIpc) is 2.65. The van der Waals surface area contributed by atoms with Crippen LogP contribution in [0.1, 0.15) is 63.2 Å². The summed E-state index contributed by atoms with van der Waals surface area (Å²) in [6, 6.07) is 6.87. The molecular formula is C25H26N2O3. The van der Waals surface area contributed by atoms with E-state index in [1.165, 1.54) is 25.3 Å². The number of rotatable bonds is 5. The van der Waals surface area contributed by atoms with Crippen LogP contribution in [0.25, 0.3) is 15.8 Å². The molecule has 0 saturated heterocycles. The van der Waals surface area contributed by atoms with E-state index < -0.39 is 5.92 Å². The number of nitrogens with one attached hydrogen (secondary N) is 1. The van der Waals surface area contributed by atoms with Crippen LogP contribution in [0.4, 0.5) is 0 Å². The van der Waals surface area contributed by atoms with E-state index in [9.17, 15) is 9.59 Å². The Bertz CT molecular complexity index is 1190. The number of para-hydroxylation sites is 1. The van der Waals surface area contributed by atoms with Gasteiger partial charge in [0.05, 0.1) is 17.9 Å². The summed E-state index contributed by atoms with van der Waals surface area (Å²) in [5, 5.41) is 3.70. The number of allylic oxidation sites excluding steroid dienone is 3. The van der Waals surface area contributed by atoms with Crippen LogP contribution >= 0.6 is 0 Å². The number of fused-ring (bicyclic) bond motifs is 1. The van der Waals surface area contributed by atoms with Crippen molar-refractivity contribution in [2.75, 3.05) is 0 Å². The number of aryl methyl sites for hydroxylation is 1. The van der Waals surface area contributed by atoms with Gasteiger partial charge in [0.15, 0.2) is 16.9 Å². The maximum atomic E-state index is 13.4. The van der Waals surface area contributed by atoms with Crippen molar-refractivity contribution in [3.05, 3.63) is 79.9 Å². The molecule has 5 heteroatoms. The fraction of sp³-hybridized carbons (Fsp3) is 0.400. The molecule has 154 valence electrons. The first-order valence-electron chi connectivity index (χ1n) is 10.5. The highest BCUT2D eigenvalue weighted by atomic mass is 16.3. The number of Topliss-reactive ketones (excluding diaryl/α,β-unsaturated/α-hetero) is 1. The Hall–Kier alpha value is -3.13. The highest BCUT2D eigenvalue weighted by Crippen LogP contribution is 2.42. The lowest BCUT2D eigenvalue weighted by molar-refractivity contribution is -0.116. The third-order valence-corrected chi connectivity index (χ3v) is 6.37. The zero-order valence-corrected chi connectivity index (χ0v) is 17.7. The molecule has 5 nitrogen and oxygen atoms in total. The van der Waals surface area contributed by atoms with E-state index >= 15 is 0 Å². The van der Waals surface area contributed by atoms with Crippen molar-refractivity contribution in [3.8, 4) is 0 Å². The molecule has 30 heavy (non-hydrogen) atoms. The SMILES string of the molecule is [C-]#[N+]C1=C(C)NC(C)=C(C(=O)CCC2CCC2)C1c1cccc2c(=O)cc(C)oc12. The van der Waals surface area contributed by atoms with E-state index in [-0.39, 0.29) is 11.2 Å². The van der Waals surface area contributed by atoms with Crippen LogP contribution in [0.3, 0.4) is 0 Å². The standard InChI is InChI=1S/C25H26N2O3/c1-14-13-21(29)18-9-6-10-19(25(18)30-14)23-22(15(2)27-16(3)24(23)26-4)20(28)12-11-17-7-5-8-17/h6,9-10,13,17,23,27H,5,7-8,11-12H2,1-3H3. The normalized spacial score (nSPS) is 19.5. The molecule has 1 aliphatic heterocycles. The maximum Gasteiger partial charge on any atom is 0.195 e. The van der Waals surface area contributed by atoms with Gasteiger partial charge in [-0.3, -0.25) is 9.59 Å². The molecule has 2 aromatic rings. The van der Waals surface area contributed by atoms with Gasteiger partial charge in [-0.15, -0.1) is 0 Å². The highest BCUT2D eigenvalue weighted by Gasteiger charge is 2.35. The van der Waals surface area contributed by atoms with E-state index in [2.05, 4.69) is 10.2 Å². The Morgan fingerprint density at radius 2 is 2.00 bits per heavy atom. The van der Waals surface area contributed by atoms with Crippen LogP contribution in [0.15, 0.2) is 56.1 Å². The minimum Gasteiger partial charge on any atom is -0.461 e. The lowest BCUT2D eigenvalue weighted by Crippen LogP contribution is -2.28. The molecule has 2 heterocycles. The summed E-state index contributed by atoms with van der Waals surface area (Å²) in [6.07, 6.45) is 5.03. The zero-order chi connectivity index (χ0) is 21.4. The quantitative estimate of drug-likeness (QED) is 0.684. The smallest absolute Gasteiger partial charge is 0.195 e. The van der Waals surface area contributed by atoms with Crippen LogP contribution in [-0.2, 0) is 4.79 Å². The van der Waals surface area contributed by atoms with Crippen LogP contribution in [0.5, 0.6) is 0 Å². The number of dihydropyridines is 1. The van der Waals surface area contributed by atoms with E-state index in [0.29, 0.717) is 45.9 Å². The highest BCUT2D eigenvalue weighted by molar-refractivity contribution is 5.99. The van der Waals surface area contributed by atoms with E-state index in [4.69, 9.17) is 11.0 Å². The lowest BCUT2D eigenvalue weighted by atomic mass is 9.78. The summed E-state index contributed by atoms with van der Waals surface area (Å²) < 4.78 is 5.96. The summed E-state index contributed by atoms with van der Waals surface area (Å²) in [5.74, 6) is 0.682. The monoisotopic (exact) mass is 402 g/mol. The molecule has 1 unspecified atom stereocenters. The number of hydrogen-bond donors (Lipinski definition) is 1. The second-order valence-corrected chi connectivity index (χ2v) is 8.42. The van der Waals surface area contributed by atoms with Gasteiger partial charge in [0.25, 0.3) is 0 Å². The first-order chi connectivity index (χ1) is 14.4. The number of ketones is 1. The lowest BCUT2D eigenvalue weighted by Gasteiger charge is -2.30. The maximum absolute atomic E-state index is 13.4. The fourth-order valence-electron chi connectivity index (χ4n) is 4.60. The molecule has 0 spiro atoms. The van der Waals surface area contributed by atoms with Crippen molar-refractivity contribution < 1.29 is 9.21 Å². The van der Waals surface area contributed by atoms with Crippen LogP contribution in [0, 0.1) is 19.4 Å². The number of carbonyl (C=O) groups excluding carboxylic acids is 1. The molecule has 2 aliphatic rings. The molecule has 0 radical (unpaired) electrons. The molecule has 0 bridgehead atoms. The Balaban J connectivity index is 1.86. The summed E-state index contributed by atoms with van der Waals surface area (Å²) in [5.41, 5.74) is 3.64. The van der Waals surface area contributed by atoms with Gasteiger partial charge in [-0.25, -0.2) is 4.85 Å². The Morgan fingerprint density at radius 3 is 2.67 bits per heavy atom. The van der Waals surface area contributed by atoms with Gasteiger partial charge in [0.1, 0.15) is 11.3 Å². The van der Waals surface area contributed by atoms with Crippen LogP contribution in [-0.4, -0.2) is 5.78 Å². The second-order valence-electron chi connectivity index (χ2n) is 8.42. The summed E-state index contributed by atoms with van der Waals surface area (Å²) in [6.45, 7) is 13.3. The van der Waals surface area contributed by atoms with Gasteiger partial charge < -0.3 is 9.73 Å². The minimum atomic E-state index is -0.536. The molecule has 1 saturated carbocycles. The molecule has 1 atom stereocenters. The van der Waals surface area contributed by atoms with Crippen LogP contribution in [0.2, 0.25) is 0 Å². The number of nitrogens with zero attached hydrogens (tertiary/aromatic N) is 1. The van der Waals surface area contributed by atoms with Gasteiger partial charge in [-0.05, 0) is 44.7 Å². The summed E-state index contributed by atoms with van der Waals surface area (Å²) >= 11 is 0. The van der Waals surface area contributed by atoms with Gasteiger partial charge in [-0.2, -0.15) is 0 Å². The molecule has 1 aromatic carbocycles. The molecule has 1 aromatic heterocycles. The number of benzene rings is 1. The third-order valence-electron chi connectivity index (χ3n) is 6.37. The average molecular weight is 402 g/mol. The predicted octanol–water partition coefficient (Wildman–Crippen LogP) is 5.36. The second kappa shape index (κ2) is 7.95. The van der Waals surface area contributed by atoms with E-state index in [1.54, 1.807) is 19.1 Å². The van der Waals surface area contributed by atoms with Gasteiger partial charge >= 0.3 is 0 Å². The predicted molar refractivity (Wildman–Crippen MR) is 117 cm³/mol. The largest absolute Gasteiger partial charge is 0.461 e. The molecule has 1 fully saturated rings. The topological polar surface area (TPSA) is 63.7 Å². The van der Waals surface area contributed by atoms with Crippen molar-refractivity contribution >= 4 is 16.8 Å². The minimum absolute atomic E-state index is 0.0672. The molecular weight excluding hydrogens is 376 g/mol.